The van der Waals surface area contributed by atoms with Crippen molar-refractivity contribution in [3.63, 3.8) is 0 Å². The van der Waals surface area contributed by atoms with Crippen molar-refractivity contribution in [3.8, 4) is 5.75 Å². The second-order valence-corrected chi connectivity index (χ2v) is 9.38. The Balaban J connectivity index is 1.72. The van der Waals surface area contributed by atoms with Gasteiger partial charge in [-0.2, -0.15) is 0 Å². The third kappa shape index (κ3) is 5.40. The van der Waals surface area contributed by atoms with Crippen molar-refractivity contribution in [3.05, 3.63) is 53.1 Å². The third-order valence-electron chi connectivity index (χ3n) is 4.88. The Morgan fingerprint density at radius 3 is 2.61 bits per heavy atom. The topological polar surface area (TPSA) is 58.6 Å². The molecule has 7 heteroatoms. The van der Waals surface area contributed by atoms with E-state index in [1.54, 1.807) is 30.3 Å². The van der Waals surface area contributed by atoms with Crippen molar-refractivity contribution in [2.75, 3.05) is 24.9 Å². The van der Waals surface area contributed by atoms with Gasteiger partial charge in [0.05, 0.1) is 15.6 Å². The van der Waals surface area contributed by atoms with E-state index in [9.17, 15) is 8.42 Å². The van der Waals surface area contributed by atoms with Crippen LogP contribution in [0.1, 0.15) is 31.7 Å². The van der Waals surface area contributed by atoms with E-state index < -0.39 is 10.0 Å². The Bertz CT molecular complexity index is 900. The van der Waals surface area contributed by atoms with E-state index in [4.69, 9.17) is 16.3 Å². The molecule has 0 amide bonds. The molecule has 1 aliphatic heterocycles. The number of likely N-dealkylation sites (N-methyl/N-ethyl adjacent to an activating group) is 1. The summed E-state index contributed by atoms with van der Waals surface area (Å²) in [4.78, 5) is 2.43. The maximum atomic E-state index is 12.7. The highest BCUT2D eigenvalue weighted by Gasteiger charge is 2.22. The molecule has 0 radical (unpaired) electrons. The number of nitrogens with zero attached hydrogens (tertiary/aromatic N) is 1. The Labute approximate surface area is 172 Å². The fourth-order valence-corrected chi connectivity index (χ4v) is 4.47. The molecule has 3 rings (SSSR count). The fraction of sp³-hybridized carbons (Fsp3) is 0.429. The number of anilines is 1. The highest BCUT2D eigenvalue weighted by Crippen LogP contribution is 2.31. The molecule has 1 fully saturated rings. The summed E-state index contributed by atoms with van der Waals surface area (Å²) in [7, 11) is -1.63. The number of benzene rings is 2. The number of sulfonamides is 1. The molecule has 0 spiro atoms. The summed E-state index contributed by atoms with van der Waals surface area (Å²) in [5, 5.41) is 0.470. The van der Waals surface area contributed by atoms with Crippen molar-refractivity contribution in [2.24, 2.45) is 0 Å². The maximum Gasteiger partial charge on any atom is 0.261 e. The molecular weight excluding hydrogens is 396 g/mol. The Morgan fingerprint density at radius 1 is 1.21 bits per heavy atom. The van der Waals surface area contributed by atoms with Crippen LogP contribution in [0.25, 0.3) is 0 Å². The minimum atomic E-state index is -3.67. The maximum absolute atomic E-state index is 12.7. The average molecular weight is 423 g/mol. The van der Waals surface area contributed by atoms with Crippen molar-refractivity contribution in [1.29, 1.82) is 0 Å². The molecule has 2 aromatic carbocycles. The molecule has 1 aliphatic rings. The van der Waals surface area contributed by atoms with Crippen molar-refractivity contribution in [2.45, 2.75) is 43.6 Å². The Hall–Kier alpha value is -1.76. The van der Waals surface area contributed by atoms with Crippen LogP contribution in [0, 0.1) is 0 Å². The summed E-state index contributed by atoms with van der Waals surface area (Å²) in [5.41, 5.74) is 1.57. The second-order valence-electron chi connectivity index (χ2n) is 7.29. The molecule has 2 aromatic rings. The van der Waals surface area contributed by atoms with Gasteiger partial charge in [-0.3, -0.25) is 4.72 Å². The lowest BCUT2D eigenvalue weighted by molar-refractivity contribution is 0.208. The molecular formula is C21H27ClN2O3S. The number of aryl methyl sites for hydroxylation is 1. The van der Waals surface area contributed by atoms with Gasteiger partial charge in [-0.25, -0.2) is 8.42 Å². The lowest BCUT2D eigenvalue weighted by Crippen LogP contribution is -2.21. The van der Waals surface area contributed by atoms with Gasteiger partial charge in [-0.1, -0.05) is 37.1 Å². The number of ether oxygens (including phenoxy) is 1. The standard InChI is InChI=1S/C21H27ClN2O3S/c1-3-4-5-16-6-9-19(10-7-16)28(25,26)23-17-8-11-20(22)21(14-17)27-18-12-13-24(2)15-18/h6-11,14,18,23H,3-5,12-13,15H2,1-2H3/t18-/m0/s1. The fourth-order valence-electron chi connectivity index (χ4n) is 3.26. The predicted molar refractivity (Wildman–Crippen MR) is 114 cm³/mol. The lowest BCUT2D eigenvalue weighted by atomic mass is 10.1. The number of likely N-dealkylation sites (tertiary alicyclic amines) is 1. The molecule has 0 unspecified atom stereocenters. The van der Waals surface area contributed by atoms with Gasteiger partial charge >= 0.3 is 0 Å². The monoisotopic (exact) mass is 422 g/mol. The zero-order valence-electron chi connectivity index (χ0n) is 16.3. The molecule has 0 aliphatic carbocycles. The first-order chi connectivity index (χ1) is 13.4. The minimum Gasteiger partial charge on any atom is -0.487 e. The van der Waals surface area contributed by atoms with E-state index in [1.165, 1.54) is 0 Å². The van der Waals surface area contributed by atoms with Gasteiger partial charge in [-0.15, -0.1) is 0 Å². The first kappa shape index (κ1) is 21.0. The number of rotatable bonds is 8. The van der Waals surface area contributed by atoms with Gasteiger partial charge in [0.1, 0.15) is 11.9 Å². The highest BCUT2D eigenvalue weighted by atomic mass is 35.5. The Kier molecular flexibility index (Phi) is 6.86. The zero-order chi connectivity index (χ0) is 20.1. The van der Waals surface area contributed by atoms with Gasteiger partial charge in [-0.05, 0) is 56.1 Å². The molecule has 1 saturated heterocycles. The molecule has 5 nitrogen and oxygen atoms in total. The van der Waals surface area contributed by atoms with Crippen LogP contribution in [0.5, 0.6) is 5.75 Å². The normalized spacial score (nSPS) is 17.6. The zero-order valence-corrected chi connectivity index (χ0v) is 17.9. The molecule has 0 bridgehead atoms. The summed E-state index contributed by atoms with van der Waals surface area (Å²) in [6.45, 7) is 3.94. The summed E-state index contributed by atoms with van der Waals surface area (Å²) in [5.74, 6) is 0.497. The molecule has 152 valence electrons. The first-order valence-electron chi connectivity index (χ1n) is 9.64. The van der Waals surface area contributed by atoms with Crippen molar-refractivity contribution < 1.29 is 13.2 Å². The third-order valence-corrected chi connectivity index (χ3v) is 6.59. The van der Waals surface area contributed by atoms with Crippen LogP contribution in [-0.4, -0.2) is 39.6 Å². The number of hydrogen-bond acceptors (Lipinski definition) is 4. The van der Waals surface area contributed by atoms with Gasteiger partial charge in [0.25, 0.3) is 10.0 Å². The number of halogens is 1. The van der Waals surface area contributed by atoms with Crippen LogP contribution in [-0.2, 0) is 16.4 Å². The van der Waals surface area contributed by atoms with Gasteiger partial charge in [0.15, 0.2) is 0 Å². The van der Waals surface area contributed by atoms with Crippen LogP contribution < -0.4 is 9.46 Å². The first-order valence-corrected chi connectivity index (χ1v) is 11.5. The largest absolute Gasteiger partial charge is 0.487 e. The quantitative estimate of drug-likeness (QED) is 0.677. The van der Waals surface area contributed by atoms with Crippen molar-refractivity contribution in [1.82, 2.24) is 4.90 Å². The molecule has 0 saturated carbocycles. The van der Waals surface area contributed by atoms with Gasteiger partial charge in [0, 0.05) is 19.2 Å². The SMILES string of the molecule is CCCCc1ccc(S(=O)(=O)Nc2ccc(Cl)c(O[C@H]3CCN(C)C3)c2)cc1. The average Bonchev–Trinajstić information content (AvgIpc) is 3.07. The second kappa shape index (κ2) is 9.16. The van der Waals surface area contributed by atoms with E-state index in [1.807, 2.05) is 19.2 Å². The molecule has 0 aromatic heterocycles. The summed E-state index contributed by atoms with van der Waals surface area (Å²) >= 11 is 6.24. The van der Waals surface area contributed by atoms with Crippen LogP contribution in [0.2, 0.25) is 5.02 Å². The van der Waals surface area contributed by atoms with Crippen LogP contribution in [0.15, 0.2) is 47.4 Å². The van der Waals surface area contributed by atoms with E-state index in [0.717, 1.165) is 44.3 Å². The van der Waals surface area contributed by atoms with E-state index in [-0.39, 0.29) is 11.0 Å². The van der Waals surface area contributed by atoms with Gasteiger partial charge in [0.2, 0.25) is 0 Å². The number of hydrogen-bond donors (Lipinski definition) is 1. The molecule has 1 heterocycles. The number of unbranched alkanes of at least 4 members (excludes halogenated alkanes) is 1. The van der Waals surface area contributed by atoms with E-state index in [0.29, 0.717) is 16.5 Å². The van der Waals surface area contributed by atoms with E-state index in [2.05, 4.69) is 16.5 Å². The van der Waals surface area contributed by atoms with Crippen molar-refractivity contribution >= 4 is 27.3 Å². The summed E-state index contributed by atoms with van der Waals surface area (Å²) < 4.78 is 34.0. The number of nitrogens with one attached hydrogen (secondary N) is 1. The Morgan fingerprint density at radius 2 is 1.96 bits per heavy atom. The van der Waals surface area contributed by atoms with Gasteiger partial charge < -0.3 is 9.64 Å². The van der Waals surface area contributed by atoms with Crippen LogP contribution in [0.4, 0.5) is 5.69 Å². The molecule has 1 N–H and O–H groups in total. The smallest absolute Gasteiger partial charge is 0.261 e. The summed E-state index contributed by atoms with van der Waals surface area (Å²) in [6, 6.07) is 12.0. The lowest BCUT2D eigenvalue weighted by Gasteiger charge is -2.16. The highest BCUT2D eigenvalue weighted by molar-refractivity contribution is 7.92. The van der Waals surface area contributed by atoms with E-state index >= 15 is 0 Å². The summed E-state index contributed by atoms with van der Waals surface area (Å²) in [6.07, 6.45) is 4.14. The minimum absolute atomic E-state index is 0.0602. The molecule has 1 atom stereocenters. The predicted octanol–water partition coefficient (Wildman–Crippen LogP) is 4.57. The van der Waals surface area contributed by atoms with Crippen LogP contribution in [0.3, 0.4) is 0 Å². The molecule has 28 heavy (non-hydrogen) atoms. The van der Waals surface area contributed by atoms with Crippen LogP contribution >= 0.6 is 11.6 Å².